The number of rotatable bonds is 4. The number of nitrogens with one attached hydrogen (secondary N) is 2. The molecule has 0 spiro atoms. The number of aryl methyl sites for hydroxylation is 1. The van der Waals surface area contributed by atoms with Gasteiger partial charge in [0.15, 0.2) is 0 Å². The zero-order valence-electron chi connectivity index (χ0n) is 14.9. The maximum Gasteiger partial charge on any atom is 0.254 e. The molecule has 0 radical (unpaired) electrons. The minimum absolute atomic E-state index is 0. The van der Waals surface area contributed by atoms with Gasteiger partial charge < -0.3 is 10.2 Å². The van der Waals surface area contributed by atoms with Gasteiger partial charge in [-0.3, -0.25) is 4.79 Å². The van der Waals surface area contributed by atoms with Crippen molar-refractivity contribution in [2.45, 2.75) is 62.0 Å². The Balaban J connectivity index is 0.00000196. The third-order valence-corrected chi connectivity index (χ3v) is 6.98. The summed E-state index contributed by atoms with van der Waals surface area (Å²) in [5, 5.41) is 3.57. The Morgan fingerprint density at radius 2 is 1.88 bits per heavy atom. The molecule has 2 N–H and O–H groups in total. The van der Waals surface area contributed by atoms with Crippen molar-refractivity contribution < 1.29 is 13.2 Å². The first-order chi connectivity index (χ1) is 11.9. The number of hydrogen-bond acceptors (Lipinski definition) is 4. The Kier molecular flexibility index (Phi) is 5.63. The highest BCUT2D eigenvalue weighted by molar-refractivity contribution is 7.89. The fraction of sp³-hybridized carbons (Fsp3) is 0.611. The lowest BCUT2D eigenvalue weighted by atomic mass is 10.0. The van der Waals surface area contributed by atoms with Gasteiger partial charge in [-0.25, -0.2) is 13.1 Å². The minimum atomic E-state index is -3.55. The molecule has 144 valence electrons. The van der Waals surface area contributed by atoms with Crippen LogP contribution in [-0.2, 0) is 10.0 Å². The van der Waals surface area contributed by atoms with Gasteiger partial charge in [0.2, 0.25) is 10.0 Å². The van der Waals surface area contributed by atoms with E-state index in [0.29, 0.717) is 24.2 Å². The van der Waals surface area contributed by atoms with Crippen LogP contribution >= 0.6 is 12.4 Å². The summed E-state index contributed by atoms with van der Waals surface area (Å²) < 4.78 is 27.6. The highest BCUT2D eigenvalue weighted by atomic mass is 35.5. The minimum Gasteiger partial charge on any atom is -0.337 e. The molecule has 2 aliphatic heterocycles. The second-order valence-electron chi connectivity index (χ2n) is 7.55. The van der Waals surface area contributed by atoms with Crippen LogP contribution in [0.5, 0.6) is 0 Å². The molecule has 1 aliphatic carbocycles. The monoisotopic (exact) mass is 399 g/mol. The van der Waals surface area contributed by atoms with Gasteiger partial charge in [0.1, 0.15) is 0 Å². The first-order valence-corrected chi connectivity index (χ1v) is 10.6. The van der Waals surface area contributed by atoms with Gasteiger partial charge in [-0.1, -0.05) is 6.07 Å². The van der Waals surface area contributed by atoms with Crippen LogP contribution in [0.1, 0.15) is 48.0 Å². The Bertz CT molecular complexity index is 795. The highest BCUT2D eigenvalue weighted by Crippen LogP contribution is 2.25. The summed E-state index contributed by atoms with van der Waals surface area (Å²) in [6, 6.07) is 5.79. The Morgan fingerprint density at radius 1 is 1.15 bits per heavy atom. The van der Waals surface area contributed by atoms with E-state index in [0.717, 1.165) is 37.8 Å². The zero-order chi connectivity index (χ0) is 17.6. The molecular formula is C18H26ClN3O3S. The first kappa shape index (κ1) is 19.6. The van der Waals surface area contributed by atoms with Crippen LogP contribution in [0, 0.1) is 6.92 Å². The molecule has 2 atom stereocenters. The number of fused-ring (bicyclic) bond motifs is 2. The van der Waals surface area contributed by atoms with Crippen LogP contribution < -0.4 is 10.0 Å². The van der Waals surface area contributed by atoms with Crippen molar-refractivity contribution in [2.75, 3.05) is 13.1 Å². The quantitative estimate of drug-likeness (QED) is 0.809. The lowest BCUT2D eigenvalue weighted by Gasteiger charge is -2.25. The van der Waals surface area contributed by atoms with E-state index in [2.05, 4.69) is 10.0 Å². The molecule has 1 aromatic carbocycles. The topological polar surface area (TPSA) is 78.5 Å². The maximum absolute atomic E-state index is 13.0. The molecule has 6 nitrogen and oxygen atoms in total. The standard InChI is InChI=1S/C18H25N3O3S.ClH/c1-12-2-7-16(25(23,24)20-14-4-5-14)10-17(12)18(22)21-9-8-13-3-6-15(11-21)19-13;/h2,7,10,13-15,19-20H,3-6,8-9,11H2,1H3;1H. The number of carbonyl (C=O) groups is 1. The molecular weight excluding hydrogens is 374 g/mol. The second kappa shape index (κ2) is 7.46. The van der Waals surface area contributed by atoms with E-state index >= 15 is 0 Å². The maximum atomic E-state index is 13.0. The molecule has 2 unspecified atom stereocenters. The van der Waals surface area contributed by atoms with Crippen LogP contribution in [0.2, 0.25) is 0 Å². The predicted octanol–water partition coefficient (Wildman–Crippen LogP) is 1.82. The van der Waals surface area contributed by atoms with Gasteiger partial charge in [-0.05, 0) is 56.7 Å². The highest BCUT2D eigenvalue weighted by Gasteiger charge is 2.33. The smallest absolute Gasteiger partial charge is 0.254 e. The number of benzene rings is 1. The molecule has 1 saturated carbocycles. The number of hydrogen-bond donors (Lipinski definition) is 2. The van der Waals surface area contributed by atoms with Gasteiger partial charge in [0, 0.05) is 36.8 Å². The van der Waals surface area contributed by atoms with E-state index in [4.69, 9.17) is 0 Å². The van der Waals surface area contributed by atoms with E-state index in [1.807, 2.05) is 11.8 Å². The van der Waals surface area contributed by atoms with Crippen molar-refractivity contribution in [2.24, 2.45) is 0 Å². The molecule has 2 bridgehead atoms. The summed E-state index contributed by atoms with van der Waals surface area (Å²) in [5.41, 5.74) is 1.31. The Labute approximate surface area is 161 Å². The molecule has 1 amide bonds. The van der Waals surface area contributed by atoms with Crippen LogP contribution in [0.4, 0.5) is 0 Å². The van der Waals surface area contributed by atoms with E-state index in [1.54, 1.807) is 18.2 Å². The van der Waals surface area contributed by atoms with Crippen molar-refractivity contribution in [3.05, 3.63) is 29.3 Å². The zero-order valence-corrected chi connectivity index (χ0v) is 16.5. The summed E-state index contributed by atoms with van der Waals surface area (Å²) >= 11 is 0. The lowest BCUT2D eigenvalue weighted by Crippen LogP contribution is -2.39. The molecule has 1 aromatic rings. The third-order valence-electron chi connectivity index (χ3n) is 5.46. The number of sulfonamides is 1. The van der Waals surface area contributed by atoms with Crippen molar-refractivity contribution in [3.8, 4) is 0 Å². The fourth-order valence-electron chi connectivity index (χ4n) is 3.79. The average Bonchev–Trinajstić information content (AvgIpc) is 3.28. The van der Waals surface area contributed by atoms with E-state index in [9.17, 15) is 13.2 Å². The van der Waals surface area contributed by atoms with Crippen molar-refractivity contribution in [1.82, 2.24) is 14.9 Å². The third kappa shape index (κ3) is 4.06. The van der Waals surface area contributed by atoms with Crippen LogP contribution in [0.3, 0.4) is 0 Å². The number of carbonyl (C=O) groups excluding carboxylic acids is 1. The normalized spacial score (nSPS) is 25.5. The number of halogens is 1. The molecule has 2 saturated heterocycles. The number of likely N-dealkylation sites (tertiary alicyclic amines) is 1. The predicted molar refractivity (Wildman–Crippen MR) is 102 cm³/mol. The largest absolute Gasteiger partial charge is 0.337 e. The van der Waals surface area contributed by atoms with Crippen LogP contribution in [0.25, 0.3) is 0 Å². The van der Waals surface area contributed by atoms with Gasteiger partial charge >= 0.3 is 0 Å². The number of nitrogens with zero attached hydrogens (tertiary/aromatic N) is 1. The molecule has 0 aromatic heterocycles. The van der Waals surface area contributed by atoms with Gasteiger partial charge in [-0.2, -0.15) is 0 Å². The molecule has 26 heavy (non-hydrogen) atoms. The van der Waals surface area contributed by atoms with Crippen molar-refractivity contribution in [1.29, 1.82) is 0 Å². The summed E-state index contributed by atoms with van der Waals surface area (Å²) in [6.07, 6.45) is 5.03. The molecule has 3 fully saturated rings. The van der Waals surface area contributed by atoms with Gasteiger partial charge in [0.05, 0.1) is 4.90 Å². The van der Waals surface area contributed by atoms with E-state index in [1.165, 1.54) is 6.42 Å². The van der Waals surface area contributed by atoms with Crippen molar-refractivity contribution in [3.63, 3.8) is 0 Å². The first-order valence-electron chi connectivity index (χ1n) is 9.11. The molecule has 8 heteroatoms. The average molecular weight is 400 g/mol. The van der Waals surface area contributed by atoms with E-state index in [-0.39, 0.29) is 29.3 Å². The number of amides is 1. The van der Waals surface area contributed by atoms with Crippen molar-refractivity contribution >= 4 is 28.3 Å². The van der Waals surface area contributed by atoms with Crippen LogP contribution in [0.15, 0.2) is 23.1 Å². The second-order valence-corrected chi connectivity index (χ2v) is 9.26. The summed E-state index contributed by atoms with van der Waals surface area (Å²) in [7, 11) is -3.55. The van der Waals surface area contributed by atoms with Crippen LogP contribution in [-0.4, -0.2) is 50.4 Å². The lowest BCUT2D eigenvalue weighted by molar-refractivity contribution is 0.0747. The Hall–Kier alpha value is -1.15. The fourth-order valence-corrected chi connectivity index (χ4v) is 5.12. The van der Waals surface area contributed by atoms with E-state index < -0.39 is 10.0 Å². The molecule has 2 heterocycles. The molecule has 3 aliphatic rings. The summed E-state index contributed by atoms with van der Waals surface area (Å²) in [4.78, 5) is 15.1. The van der Waals surface area contributed by atoms with Gasteiger partial charge in [-0.15, -0.1) is 12.4 Å². The Morgan fingerprint density at radius 3 is 2.62 bits per heavy atom. The summed E-state index contributed by atoms with van der Waals surface area (Å²) in [6.45, 7) is 3.29. The molecule has 4 rings (SSSR count). The SMILES string of the molecule is Cc1ccc(S(=O)(=O)NC2CC2)cc1C(=O)N1CCC2CCC(C1)N2.Cl. The summed E-state index contributed by atoms with van der Waals surface area (Å²) in [5.74, 6) is -0.0599. The van der Waals surface area contributed by atoms with Gasteiger partial charge in [0.25, 0.3) is 5.91 Å².